The molecule has 134 valence electrons. The van der Waals surface area contributed by atoms with Crippen molar-refractivity contribution in [3.05, 3.63) is 57.5 Å². The first-order valence-corrected chi connectivity index (χ1v) is 8.69. The maximum absolute atomic E-state index is 13.2. The lowest BCUT2D eigenvalue weighted by molar-refractivity contribution is 0.0478. The van der Waals surface area contributed by atoms with Crippen LogP contribution in [0.5, 0.6) is 0 Å². The molecule has 0 saturated heterocycles. The molecule has 3 aromatic rings. The number of H-pyrrole nitrogens is 1. The first kappa shape index (κ1) is 18.0. The Kier molecular flexibility index (Phi) is 4.73. The maximum atomic E-state index is 13.2. The fraction of sp³-hybridized carbons (Fsp3) is 0.211. The molecule has 26 heavy (non-hydrogen) atoms. The molecule has 2 heterocycles. The molecule has 0 bridgehead atoms. The highest BCUT2D eigenvalue weighted by Crippen LogP contribution is 2.27. The van der Waals surface area contributed by atoms with Crippen LogP contribution in [0, 0.1) is 19.7 Å². The van der Waals surface area contributed by atoms with E-state index >= 15 is 0 Å². The number of Topliss-reactive ketones (excluding diaryl/α,β-unsaturated/α-hetero) is 2. The number of aromatic amines is 1. The number of hydrogen-bond donors (Lipinski definition) is 1. The van der Waals surface area contributed by atoms with Gasteiger partial charge in [0.1, 0.15) is 10.7 Å². The van der Waals surface area contributed by atoms with E-state index in [4.69, 9.17) is 4.74 Å². The van der Waals surface area contributed by atoms with E-state index in [1.807, 2.05) is 0 Å². The number of benzene rings is 1. The molecule has 0 unspecified atom stereocenters. The number of thiophene rings is 1. The van der Waals surface area contributed by atoms with E-state index in [9.17, 15) is 18.8 Å². The monoisotopic (exact) mass is 373 g/mol. The predicted molar refractivity (Wildman–Crippen MR) is 96.7 cm³/mol. The number of fused-ring (bicyclic) bond motifs is 1. The van der Waals surface area contributed by atoms with Crippen LogP contribution in [0.1, 0.15) is 48.7 Å². The Morgan fingerprint density at radius 1 is 1.19 bits per heavy atom. The lowest BCUT2D eigenvalue weighted by Crippen LogP contribution is -2.15. The van der Waals surface area contributed by atoms with Crippen molar-refractivity contribution < 1.29 is 23.5 Å². The van der Waals surface area contributed by atoms with Crippen LogP contribution in [0.15, 0.2) is 24.3 Å². The zero-order chi connectivity index (χ0) is 19.0. The van der Waals surface area contributed by atoms with Gasteiger partial charge in [0.05, 0.1) is 5.69 Å². The Morgan fingerprint density at radius 3 is 2.58 bits per heavy atom. The van der Waals surface area contributed by atoms with E-state index < -0.39 is 18.4 Å². The van der Waals surface area contributed by atoms with Gasteiger partial charge in [-0.3, -0.25) is 9.59 Å². The fourth-order valence-electron chi connectivity index (χ4n) is 2.95. The van der Waals surface area contributed by atoms with E-state index in [0.29, 0.717) is 27.1 Å². The zero-order valence-electron chi connectivity index (χ0n) is 14.4. The molecule has 0 spiro atoms. The molecule has 0 fully saturated rings. The SMILES string of the molecule is CC(=O)c1c(C)[nH]c(C(=O)COC(=O)c2cc3cc(F)ccc3s2)c1C. The van der Waals surface area contributed by atoms with E-state index in [1.165, 1.54) is 36.5 Å². The summed E-state index contributed by atoms with van der Waals surface area (Å²) in [6, 6.07) is 5.78. The van der Waals surface area contributed by atoms with Gasteiger partial charge in [-0.2, -0.15) is 0 Å². The Hall–Kier alpha value is -2.80. The third kappa shape index (κ3) is 3.30. The highest BCUT2D eigenvalue weighted by atomic mass is 32.1. The molecule has 0 saturated carbocycles. The van der Waals surface area contributed by atoms with Gasteiger partial charge in [-0.1, -0.05) is 0 Å². The number of ketones is 2. The topological polar surface area (TPSA) is 76.2 Å². The molecule has 2 aromatic heterocycles. The van der Waals surface area contributed by atoms with Gasteiger partial charge in [0.2, 0.25) is 5.78 Å². The molecule has 0 aliphatic carbocycles. The Bertz CT molecular complexity index is 1050. The quantitative estimate of drug-likeness (QED) is 0.536. The van der Waals surface area contributed by atoms with Crippen molar-refractivity contribution in [3.63, 3.8) is 0 Å². The maximum Gasteiger partial charge on any atom is 0.348 e. The average molecular weight is 373 g/mol. The van der Waals surface area contributed by atoms with Gasteiger partial charge in [-0.05, 0) is 56.0 Å². The molecule has 7 heteroatoms. The predicted octanol–water partition coefficient (Wildman–Crippen LogP) is 4.23. The van der Waals surface area contributed by atoms with Crippen molar-refractivity contribution in [3.8, 4) is 0 Å². The first-order valence-electron chi connectivity index (χ1n) is 7.87. The number of halogens is 1. The van der Waals surface area contributed by atoms with Crippen LogP contribution in [0.25, 0.3) is 10.1 Å². The number of carbonyl (C=O) groups is 3. The summed E-state index contributed by atoms with van der Waals surface area (Å²) in [5.74, 6) is -1.58. The van der Waals surface area contributed by atoms with Gasteiger partial charge in [-0.25, -0.2) is 9.18 Å². The Morgan fingerprint density at radius 2 is 1.92 bits per heavy atom. The minimum Gasteiger partial charge on any atom is -0.453 e. The lowest BCUT2D eigenvalue weighted by Gasteiger charge is -2.03. The van der Waals surface area contributed by atoms with E-state index in [2.05, 4.69) is 4.98 Å². The van der Waals surface area contributed by atoms with E-state index in [0.717, 1.165) is 4.70 Å². The first-order chi connectivity index (χ1) is 12.3. The second-order valence-electron chi connectivity index (χ2n) is 5.97. The van der Waals surface area contributed by atoms with Gasteiger partial charge >= 0.3 is 5.97 Å². The number of rotatable bonds is 5. The molecule has 0 amide bonds. The van der Waals surface area contributed by atoms with Crippen molar-refractivity contribution >= 4 is 39.0 Å². The van der Waals surface area contributed by atoms with Gasteiger partial charge in [0.15, 0.2) is 12.4 Å². The molecular formula is C19H16FNO4S. The number of hydrogen-bond acceptors (Lipinski definition) is 5. The smallest absolute Gasteiger partial charge is 0.348 e. The van der Waals surface area contributed by atoms with Crippen LogP contribution in [0.3, 0.4) is 0 Å². The van der Waals surface area contributed by atoms with E-state index in [1.54, 1.807) is 19.9 Å². The molecule has 0 aliphatic heterocycles. The summed E-state index contributed by atoms with van der Waals surface area (Å²) < 4.78 is 19.1. The van der Waals surface area contributed by atoms with Gasteiger partial charge < -0.3 is 9.72 Å². The molecule has 0 aliphatic rings. The van der Waals surface area contributed by atoms with Crippen LogP contribution in [0.2, 0.25) is 0 Å². The summed E-state index contributed by atoms with van der Waals surface area (Å²) in [5, 5.41) is 0.607. The standard InChI is InChI=1S/C19H16FNO4S/c1-9-17(11(3)22)10(2)21-18(9)14(23)8-25-19(24)16-7-12-6-13(20)4-5-15(12)26-16/h4-7,21H,8H2,1-3H3. The summed E-state index contributed by atoms with van der Waals surface area (Å²) in [7, 11) is 0. The highest BCUT2D eigenvalue weighted by molar-refractivity contribution is 7.20. The van der Waals surface area contributed by atoms with Crippen LogP contribution in [-0.2, 0) is 4.74 Å². The Labute approximate surface area is 152 Å². The molecule has 1 aromatic carbocycles. The number of ether oxygens (including phenoxy) is 1. The summed E-state index contributed by atoms with van der Waals surface area (Å²) >= 11 is 1.17. The molecule has 0 radical (unpaired) electrons. The number of nitrogens with one attached hydrogen (secondary N) is 1. The normalized spacial score (nSPS) is 10.9. The minimum atomic E-state index is -0.646. The molecule has 0 atom stereocenters. The minimum absolute atomic E-state index is 0.134. The van der Waals surface area contributed by atoms with Crippen molar-refractivity contribution in [2.24, 2.45) is 0 Å². The third-order valence-electron chi connectivity index (χ3n) is 4.08. The molecular weight excluding hydrogens is 357 g/mol. The van der Waals surface area contributed by atoms with Gasteiger partial charge in [0, 0.05) is 16.0 Å². The number of aromatic nitrogens is 1. The van der Waals surface area contributed by atoms with Crippen molar-refractivity contribution in [2.75, 3.05) is 6.61 Å². The molecule has 5 nitrogen and oxygen atoms in total. The van der Waals surface area contributed by atoms with Crippen molar-refractivity contribution in [1.82, 2.24) is 4.98 Å². The Balaban J connectivity index is 1.73. The largest absolute Gasteiger partial charge is 0.453 e. The highest BCUT2D eigenvalue weighted by Gasteiger charge is 2.21. The van der Waals surface area contributed by atoms with Crippen molar-refractivity contribution in [2.45, 2.75) is 20.8 Å². The van der Waals surface area contributed by atoms with Crippen molar-refractivity contribution in [1.29, 1.82) is 0 Å². The number of carbonyl (C=O) groups excluding carboxylic acids is 3. The summed E-state index contributed by atoms with van der Waals surface area (Å²) in [5.41, 5.74) is 1.90. The second kappa shape index (κ2) is 6.84. The van der Waals surface area contributed by atoms with Gasteiger partial charge in [0.25, 0.3) is 0 Å². The summed E-state index contributed by atoms with van der Waals surface area (Å²) in [4.78, 5) is 39.3. The van der Waals surface area contributed by atoms with Crippen LogP contribution in [-0.4, -0.2) is 29.1 Å². The average Bonchev–Trinajstić information content (AvgIpc) is 3.12. The lowest BCUT2D eigenvalue weighted by atomic mass is 10.1. The van der Waals surface area contributed by atoms with Gasteiger partial charge in [-0.15, -0.1) is 11.3 Å². The molecule has 1 N–H and O–H groups in total. The van der Waals surface area contributed by atoms with Crippen LogP contribution in [0.4, 0.5) is 4.39 Å². The van der Waals surface area contributed by atoms with Crippen LogP contribution < -0.4 is 0 Å². The third-order valence-corrected chi connectivity index (χ3v) is 5.18. The number of esters is 1. The van der Waals surface area contributed by atoms with Crippen LogP contribution >= 0.6 is 11.3 Å². The van der Waals surface area contributed by atoms with E-state index in [-0.39, 0.29) is 17.3 Å². The second-order valence-corrected chi connectivity index (χ2v) is 7.06. The summed E-state index contributed by atoms with van der Waals surface area (Å²) in [6.07, 6.45) is 0. The molecule has 3 rings (SSSR count). The fourth-order valence-corrected chi connectivity index (χ4v) is 3.88. The number of aryl methyl sites for hydroxylation is 1. The summed E-state index contributed by atoms with van der Waals surface area (Å²) in [6.45, 7) is 4.38. The zero-order valence-corrected chi connectivity index (χ0v) is 15.3.